The van der Waals surface area contributed by atoms with E-state index < -0.39 is 5.91 Å². The fourth-order valence-electron chi connectivity index (χ4n) is 2.37. The second-order valence-electron chi connectivity index (χ2n) is 5.32. The molecule has 1 fully saturated rings. The van der Waals surface area contributed by atoms with Gasteiger partial charge in [-0.25, -0.2) is 9.97 Å². The second-order valence-corrected chi connectivity index (χ2v) is 5.32. The fraction of sp³-hybridized carbons (Fsp3) is 0.615. The van der Waals surface area contributed by atoms with Crippen molar-refractivity contribution in [3.8, 4) is 0 Å². The summed E-state index contributed by atoms with van der Waals surface area (Å²) in [5.74, 6) is 0.984. The first-order valence-corrected chi connectivity index (χ1v) is 6.58. The van der Waals surface area contributed by atoms with Crippen molar-refractivity contribution < 1.29 is 4.79 Å². The molecule has 2 rings (SSSR count). The van der Waals surface area contributed by atoms with Gasteiger partial charge in [0.25, 0.3) is 5.91 Å². The highest BCUT2D eigenvalue weighted by Crippen LogP contribution is 2.24. The SMILES string of the molecule is CN(C)CCC1CCN(c2cc(C(N)=O)ncn2)C1. The molecule has 0 radical (unpaired) electrons. The summed E-state index contributed by atoms with van der Waals surface area (Å²) in [5.41, 5.74) is 5.52. The quantitative estimate of drug-likeness (QED) is 0.830. The molecule has 6 nitrogen and oxygen atoms in total. The molecule has 0 aliphatic carbocycles. The van der Waals surface area contributed by atoms with E-state index in [0.29, 0.717) is 5.92 Å². The van der Waals surface area contributed by atoms with E-state index in [4.69, 9.17) is 5.73 Å². The number of primary amides is 1. The lowest BCUT2D eigenvalue weighted by Crippen LogP contribution is -2.23. The Morgan fingerprint density at radius 2 is 2.32 bits per heavy atom. The summed E-state index contributed by atoms with van der Waals surface area (Å²) in [5, 5.41) is 0. The van der Waals surface area contributed by atoms with Crippen molar-refractivity contribution in [1.82, 2.24) is 14.9 Å². The van der Waals surface area contributed by atoms with E-state index in [2.05, 4.69) is 33.9 Å². The average Bonchev–Trinajstić information content (AvgIpc) is 2.85. The molecule has 2 heterocycles. The molecule has 1 amide bonds. The monoisotopic (exact) mass is 263 g/mol. The van der Waals surface area contributed by atoms with Crippen LogP contribution < -0.4 is 10.6 Å². The number of carbonyl (C=O) groups excluding carboxylic acids is 1. The van der Waals surface area contributed by atoms with Gasteiger partial charge in [0.2, 0.25) is 0 Å². The molecule has 1 aliphatic heterocycles. The topological polar surface area (TPSA) is 75.3 Å². The van der Waals surface area contributed by atoms with Crippen LogP contribution in [0.2, 0.25) is 0 Å². The molecule has 1 aliphatic rings. The Kier molecular flexibility index (Phi) is 4.31. The predicted octanol–water partition coefficient (Wildman–Crippen LogP) is 0.354. The van der Waals surface area contributed by atoms with Gasteiger partial charge < -0.3 is 15.5 Å². The highest BCUT2D eigenvalue weighted by molar-refractivity contribution is 5.91. The highest BCUT2D eigenvalue weighted by atomic mass is 16.1. The Labute approximate surface area is 113 Å². The molecule has 1 aromatic rings. The van der Waals surface area contributed by atoms with Gasteiger partial charge in [-0.2, -0.15) is 0 Å². The molecule has 0 bridgehead atoms. The largest absolute Gasteiger partial charge is 0.364 e. The number of amides is 1. The summed E-state index contributed by atoms with van der Waals surface area (Å²) in [6.45, 7) is 3.07. The molecule has 0 aromatic carbocycles. The van der Waals surface area contributed by atoms with Gasteiger partial charge in [-0.05, 0) is 39.4 Å². The van der Waals surface area contributed by atoms with Crippen molar-refractivity contribution in [2.75, 3.05) is 38.6 Å². The zero-order chi connectivity index (χ0) is 13.8. The Balaban J connectivity index is 1.96. The first kappa shape index (κ1) is 13.7. The summed E-state index contributed by atoms with van der Waals surface area (Å²) < 4.78 is 0. The van der Waals surface area contributed by atoms with Crippen LogP contribution in [0.4, 0.5) is 5.82 Å². The van der Waals surface area contributed by atoms with E-state index in [9.17, 15) is 4.79 Å². The number of hydrogen-bond acceptors (Lipinski definition) is 5. The van der Waals surface area contributed by atoms with E-state index in [0.717, 1.165) is 25.5 Å². The molecule has 1 atom stereocenters. The number of nitrogens with zero attached hydrogens (tertiary/aromatic N) is 4. The molecule has 0 spiro atoms. The van der Waals surface area contributed by atoms with Crippen molar-refractivity contribution in [2.24, 2.45) is 11.7 Å². The lowest BCUT2D eigenvalue weighted by molar-refractivity contribution is 0.0995. The summed E-state index contributed by atoms with van der Waals surface area (Å²) in [7, 11) is 4.19. The molecule has 1 unspecified atom stereocenters. The summed E-state index contributed by atoms with van der Waals surface area (Å²) in [6, 6.07) is 1.68. The van der Waals surface area contributed by atoms with Crippen LogP contribution in [-0.4, -0.2) is 54.5 Å². The third kappa shape index (κ3) is 3.64. The third-order valence-corrected chi connectivity index (χ3v) is 3.50. The van der Waals surface area contributed by atoms with Gasteiger partial charge in [0.1, 0.15) is 17.8 Å². The molecule has 2 N–H and O–H groups in total. The Morgan fingerprint density at radius 1 is 1.53 bits per heavy atom. The van der Waals surface area contributed by atoms with Crippen LogP contribution in [0, 0.1) is 5.92 Å². The van der Waals surface area contributed by atoms with Crippen molar-refractivity contribution >= 4 is 11.7 Å². The van der Waals surface area contributed by atoms with Crippen LogP contribution in [0.15, 0.2) is 12.4 Å². The maximum atomic E-state index is 11.1. The van der Waals surface area contributed by atoms with Gasteiger partial charge in [0.15, 0.2) is 0 Å². The zero-order valence-electron chi connectivity index (χ0n) is 11.5. The van der Waals surface area contributed by atoms with Gasteiger partial charge >= 0.3 is 0 Å². The summed E-state index contributed by atoms with van der Waals surface area (Å²) in [6.07, 6.45) is 3.77. The van der Waals surface area contributed by atoms with E-state index in [-0.39, 0.29) is 5.69 Å². The Morgan fingerprint density at radius 3 is 3.00 bits per heavy atom. The van der Waals surface area contributed by atoms with Crippen LogP contribution >= 0.6 is 0 Å². The van der Waals surface area contributed by atoms with Crippen LogP contribution in [0.3, 0.4) is 0 Å². The number of nitrogens with two attached hydrogens (primary N) is 1. The molecule has 6 heteroatoms. The zero-order valence-corrected chi connectivity index (χ0v) is 11.5. The van der Waals surface area contributed by atoms with Crippen LogP contribution in [0.25, 0.3) is 0 Å². The number of anilines is 1. The van der Waals surface area contributed by atoms with E-state index in [1.54, 1.807) is 6.07 Å². The van der Waals surface area contributed by atoms with E-state index >= 15 is 0 Å². The van der Waals surface area contributed by atoms with Gasteiger partial charge in [-0.3, -0.25) is 4.79 Å². The predicted molar refractivity (Wildman–Crippen MR) is 74.0 cm³/mol. The molecule has 0 saturated carbocycles. The normalized spacial score (nSPS) is 19.1. The van der Waals surface area contributed by atoms with Gasteiger partial charge in [0, 0.05) is 19.2 Å². The van der Waals surface area contributed by atoms with Gasteiger partial charge in [0.05, 0.1) is 0 Å². The molecular formula is C13H21N5O. The second kappa shape index (κ2) is 5.97. The maximum absolute atomic E-state index is 11.1. The Hall–Kier alpha value is -1.69. The number of aromatic nitrogens is 2. The molecule has 104 valence electrons. The minimum atomic E-state index is -0.507. The van der Waals surface area contributed by atoms with Crippen molar-refractivity contribution in [3.63, 3.8) is 0 Å². The molecule has 1 aromatic heterocycles. The fourth-order valence-corrected chi connectivity index (χ4v) is 2.37. The number of hydrogen-bond donors (Lipinski definition) is 1. The van der Waals surface area contributed by atoms with Crippen LogP contribution in [-0.2, 0) is 0 Å². The highest BCUT2D eigenvalue weighted by Gasteiger charge is 2.23. The lowest BCUT2D eigenvalue weighted by Gasteiger charge is -2.18. The third-order valence-electron chi connectivity index (χ3n) is 3.50. The Bertz CT molecular complexity index is 448. The number of carbonyl (C=O) groups is 1. The average molecular weight is 263 g/mol. The van der Waals surface area contributed by atoms with Crippen molar-refractivity contribution in [1.29, 1.82) is 0 Å². The molecular weight excluding hydrogens is 242 g/mol. The van der Waals surface area contributed by atoms with Crippen LogP contribution in [0.1, 0.15) is 23.3 Å². The minimum absolute atomic E-state index is 0.279. The maximum Gasteiger partial charge on any atom is 0.267 e. The van der Waals surface area contributed by atoms with Crippen molar-refractivity contribution in [2.45, 2.75) is 12.8 Å². The lowest BCUT2D eigenvalue weighted by atomic mass is 10.1. The van der Waals surface area contributed by atoms with Gasteiger partial charge in [-0.15, -0.1) is 0 Å². The van der Waals surface area contributed by atoms with Crippen molar-refractivity contribution in [3.05, 3.63) is 18.1 Å². The van der Waals surface area contributed by atoms with Gasteiger partial charge in [-0.1, -0.05) is 0 Å². The molecule has 19 heavy (non-hydrogen) atoms. The number of rotatable bonds is 5. The van der Waals surface area contributed by atoms with Crippen LogP contribution in [0.5, 0.6) is 0 Å². The smallest absolute Gasteiger partial charge is 0.267 e. The summed E-state index contributed by atoms with van der Waals surface area (Å²) in [4.78, 5) is 23.6. The first-order valence-electron chi connectivity index (χ1n) is 6.58. The first-order chi connectivity index (χ1) is 9.06. The standard InChI is InChI=1S/C13H21N5O/c1-17(2)5-3-10-4-6-18(8-10)12-7-11(13(14)19)15-9-16-12/h7,9-10H,3-6,8H2,1-2H3,(H2,14,19). The summed E-state index contributed by atoms with van der Waals surface area (Å²) >= 11 is 0. The minimum Gasteiger partial charge on any atom is -0.364 e. The van der Waals surface area contributed by atoms with E-state index in [1.807, 2.05) is 0 Å². The molecule has 1 saturated heterocycles. The van der Waals surface area contributed by atoms with E-state index in [1.165, 1.54) is 19.2 Å².